The third-order valence-corrected chi connectivity index (χ3v) is 3.87. The van der Waals surface area contributed by atoms with E-state index in [4.69, 9.17) is 0 Å². The molecule has 0 saturated heterocycles. The Labute approximate surface area is 142 Å². The Morgan fingerprint density at radius 1 is 1.00 bits per heavy atom. The van der Waals surface area contributed by atoms with Gasteiger partial charge >= 0.3 is 5.97 Å². The fourth-order valence-corrected chi connectivity index (χ4v) is 2.69. The van der Waals surface area contributed by atoms with Crippen LogP contribution in [0.3, 0.4) is 0 Å². The molecule has 0 amide bonds. The van der Waals surface area contributed by atoms with Gasteiger partial charge in [0.25, 0.3) is 0 Å². The summed E-state index contributed by atoms with van der Waals surface area (Å²) >= 11 is 0. The summed E-state index contributed by atoms with van der Waals surface area (Å²) in [5.74, 6) is -1.63. The normalized spacial score (nSPS) is 10.9. The first-order chi connectivity index (χ1) is 12.1. The Hall–Kier alpha value is -3.54. The Morgan fingerprint density at radius 2 is 1.72 bits per heavy atom. The lowest BCUT2D eigenvalue weighted by atomic mass is 10.1. The number of benzene rings is 2. The monoisotopic (exact) mass is 333 g/mol. The molecule has 2 aromatic heterocycles. The minimum Gasteiger partial charge on any atom is -0.477 e. The van der Waals surface area contributed by atoms with Crippen molar-refractivity contribution in [3.8, 4) is 22.5 Å². The van der Waals surface area contributed by atoms with Crippen molar-refractivity contribution >= 4 is 11.6 Å². The van der Waals surface area contributed by atoms with E-state index in [2.05, 4.69) is 10.1 Å². The van der Waals surface area contributed by atoms with Crippen LogP contribution in [0.25, 0.3) is 28.2 Å². The minimum atomic E-state index is -1.18. The summed E-state index contributed by atoms with van der Waals surface area (Å²) in [6, 6.07) is 18.6. The smallest absolute Gasteiger partial charge is 0.354 e. The molecule has 0 aliphatic carbocycles. The van der Waals surface area contributed by atoms with E-state index < -0.39 is 11.8 Å². The van der Waals surface area contributed by atoms with E-state index in [0.717, 1.165) is 5.56 Å². The summed E-state index contributed by atoms with van der Waals surface area (Å²) in [5, 5.41) is 13.8. The van der Waals surface area contributed by atoms with Gasteiger partial charge < -0.3 is 5.11 Å². The summed E-state index contributed by atoms with van der Waals surface area (Å²) in [5.41, 5.74) is 2.28. The number of rotatable bonds is 3. The molecule has 0 spiro atoms. The molecule has 1 N–H and O–H groups in total. The van der Waals surface area contributed by atoms with Crippen LogP contribution >= 0.6 is 0 Å². The number of carbonyl (C=O) groups is 1. The number of carboxylic acid groups (broad SMARTS) is 1. The highest BCUT2D eigenvalue weighted by molar-refractivity contribution is 5.88. The standard InChI is InChI=1S/C19H12FN3O2/c20-14-9-5-4-8-13(14)17-10-16(19(24)25)21-18-11-15(22-23(17)18)12-6-2-1-3-7-12/h1-11H,(H,24,25). The van der Waals surface area contributed by atoms with Crippen molar-refractivity contribution in [2.45, 2.75) is 0 Å². The quantitative estimate of drug-likeness (QED) is 0.617. The molecule has 0 radical (unpaired) electrons. The number of carboxylic acids is 1. The average Bonchev–Trinajstić information content (AvgIpc) is 3.06. The lowest BCUT2D eigenvalue weighted by Crippen LogP contribution is -2.06. The summed E-state index contributed by atoms with van der Waals surface area (Å²) in [6.07, 6.45) is 0. The van der Waals surface area contributed by atoms with Crippen LogP contribution in [0.2, 0.25) is 0 Å². The number of aromatic nitrogens is 3. The summed E-state index contributed by atoms with van der Waals surface area (Å²) < 4.78 is 15.7. The first-order valence-corrected chi connectivity index (χ1v) is 7.58. The summed E-state index contributed by atoms with van der Waals surface area (Å²) in [4.78, 5) is 15.5. The number of hydrogen-bond donors (Lipinski definition) is 1. The van der Waals surface area contributed by atoms with E-state index in [-0.39, 0.29) is 11.3 Å². The largest absolute Gasteiger partial charge is 0.477 e. The van der Waals surface area contributed by atoms with Gasteiger partial charge in [0.1, 0.15) is 5.82 Å². The molecule has 0 atom stereocenters. The van der Waals surface area contributed by atoms with Gasteiger partial charge in [0.2, 0.25) is 0 Å². The van der Waals surface area contributed by atoms with Gasteiger partial charge in [-0.25, -0.2) is 18.7 Å². The predicted octanol–water partition coefficient (Wildman–Crippen LogP) is 3.90. The third kappa shape index (κ3) is 2.63. The van der Waals surface area contributed by atoms with E-state index in [1.165, 1.54) is 16.6 Å². The molecule has 4 aromatic rings. The van der Waals surface area contributed by atoms with Gasteiger partial charge in [0.05, 0.1) is 11.4 Å². The zero-order chi connectivity index (χ0) is 17.4. The van der Waals surface area contributed by atoms with Crippen LogP contribution in [0.4, 0.5) is 4.39 Å². The molecular weight excluding hydrogens is 321 g/mol. The topological polar surface area (TPSA) is 67.5 Å². The second-order valence-electron chi connectivity index (χ2n) is 5.48. The number of fused-ring (bicyclic) bond motifs is 1. The molecule has 0 fully saturated rings. The fourth-order valence-electron chi connectivity index (χ4n) is 2.69. The first-order valence-electron chi connectivity index (χ1n) is 7.58. The third-order valence-electron chi connectivity index (χ3n) is 3.87. The molecule has 2 heterocycles. The van der Waals surface area contributed by atoms with E-state index in [1.54, 1.807) is 24.3 Å². The Balaban J connectivity index is 2.02. The van der Waals surface area contributed by atoms with E-state index in [9.17, 15) is 14.3 Å². The van der Waals surface area contributed by atoms with Gasteiger partial charge in [0.15, 0.2) is 11.3 Å². The molecule has 0 saturated carbocycles. The van der Waals surface area contributed by atoms with Crippen LogP contribution in [0, 0.1) is 5.82 Å². The molecular formula is C19H12FN3O2. The average molecular weight is 333 g/mol. The van der Waals surface area contributed by atoms with Crippen LogP contribution in [-0.2, 0) is 0 Å². The zero-order valence-electron chi connectivity index (χ0n) is 12.9. The Morgan fingerprint density at radius 3 is 2.44 bits per heavy atom. The zero-order valence-corrected chi connectivity index (χ0v) is 12.9. The van der Waals surface area contributed by atoms with Gasteiger partial charge in [-0.15, -0.1) is 0 Å². The number of hydrogen-bond acceptors (Lipinski definition) is 3. The molecule has 122 valence electrons. The number of nitrogens with zero attached hydrogens (tertiary/aromatic N) is 3. The molecule has 0 bridgehead atoms. The van der Waals surface area contributed by atoms with Crippen molar-refractivity contribution in [3.63, 3.8) is 0 Å². The molecule has 0 aliphatic rings. The Kier molecular flexibility index (Phi) is 3.50. The number of aromatic carboxylic acids is 1. The van der Waals surface area contributed by atoms with E-state index in [0.29, 0.717) is 17.0 Å². The fraction of sp³-hybridized carbons (Fsp3) is 0. The van der Waals surface area contributed by atoms with Crippen LogP contribution in [0.1, 0.15) is 10.5 Å². The molecule has 2 aromatic carbocycles. The molecule has 0 aliphatic heterocycles. The van der Waals surface area contributed by atoms with Crippen molar-refractivity contribution in [2.75, 3.05) is 0 Å². The van der Waals surface area contributed by atoms with Crippen molar-refractivity contribution in [2.24, 2.45) is 0 Å². The highest BCUT2D eigenvalue weighted by atomic mass is 19.1. The van der Waals surface area contributed by atoms with Crippen LogP contribution in [-0.4, -0.2) is 25.7 Å². The highest BCUT2D eigenvalue weighted by Gasteiger charge is 2.17. The lowest BCUT2D eigenvalue weighted by Gasteiger charge is -2.07. The molecule has 25 heavy (non-hydrogen) atoms. The summed E-state index contributed by atoms with van der Waals surface area (Å²) in [6.45, 7) is 0. The van der Waals surface area contributed by atoms with Gasteiger partial charge in [-0.2, -0.15) is 5.10 Å². The van der Waals surface area contributed by atoms with Gasteiger partial charge in [-0.1, -0.05) is 42.5 Å². The maximum atomic E-state index is 14.3. The SMILES string of the molecule is O=C(O)c1cc(-c2ccccc2F)n2nc(-c3ccccc3)cc2n1. The van der Waals surface area contributed by atoms with Gasteiger partial charge in [-0.3, -0.25) is 0 Å². The minimum absolute atomic E-state index is 0.162. The number of halogens is 1. The second kappa shape index (κ2) is 5.83. The van der Waals surface area contributed by atoms with E-state index >= 15 is 0 Å². The van der Waals surface area contributed by atoms with Crippen LogP contribution in [0.15, 0.2) is 66.7 Å². The van der Waals surface area contributed by atoms with Crippen molar-refractivity contribution in [3.05, 3.63) is 78.2 Å². The predicted molar refractivity (Wildman–Crippen MR) is 90.8 cm³/mol. The highest BCUT2D eigenvalue weighted by Crippen LogP contribution is 2.26. The first kappa shape index (κ1) is 15.0. The van der Waals surface area contributed by atoms with Gasteiger partial charge in [-0.05, 0) is 18.2 Å². The molecule has 4 rings (SSSR count). The van der Waals surface area contributed by atoms with E-state index in [1.807, 2.05) is 30.3 Å². The van der Waals surface area contributed by atoms with Crippen molar-refractivity contribution in [1.82, 2.24) is 14.6 Å². The molecule has 0 unspecified atom stereocenters. The van der Waals surface area contributed by atoms with Crippen molar-refractivity contribution < 1.29 is 14.3 Å². The van der Waals surface area contributed by atoms with Crippen LogP contribution < -0.4 is 0 Å². The van der Waals surface area contributed by atoms with Gasteiger partial charge in [0, 0.05) is 17.2 Å². The molecule has 6 heteroatoms. The molecule has 5 nitrogen and oxygen atoms in total. The lowest BCUT2D eigenvalue weighted by molar-refractivity contribution is 0.0690. The maximum absolute atomic E-state index is 14.3. The second-order valence-corrected chi connectivity index (χ2v) is 5.48. The summed E-state index contributed by atoms with van der Waals surface area (Å²) in [7, 11) is 0. The van der Waals surface area contributed by atoms with Crippen LogP contribution in [0.5, 0.6) is 0 Å². The Bertz CT molecular complexity index is 1090. The van der Waals surface area contributed by atoms with Crippen molar-refractivity contribution in [1.29, 1.82) is 0 Å². The maximum Gasteiger partial charge on any atom is 0.354 e.